The third-order valence-corrected chi connectivity index (χ3v) is 3.45. The summed E-state index contributed by atoms with van der Waals surface area (Å²) < 4.78 is 24.0. The summed E-state index contributed by atoms with van der Waals surface area (Å²) in [7, 11) is -3.20. The molecule has 0 spiro atoms. The van der Waals surface area contributed by atoms with Crippen molar-refractivity contribution in [1.82, 2.24) is 14.8 Å². The van der Waals surface area contributed by atoms with Gasteiger partial charge in [-0.25, -0.2) is 23.0 Å². The fraction of sp³-hybridized carbons (Fsp3) is 0.200. The fourth-order valence-corrected chi connectivity index (χ4v) is 2.12. The Kier molecular flexibility index (Phi) is 2.62. The Hall–Kier alpha value is -1.89. The monoisotopic (exact) mass is 253 g/mol. The maximum absolute atomic E-state index is 11.3. The van der Waals surface area contributed by atoms with Crippen LogP contribution in [0.3, 0.4) is 0 Å². The lowest BCUT2D eigenvalue weighted by Crippen LogP contribution is -2.05. The lowest BCUT2D eigenvalue weighted by atomic mass is 10.3. The standard InChI is InChI=1S/C10H11N3O3S/c1-7-11-10(14)12-13(7)8-3-5-9(6-4-8)17(2,15)16/h3-6H,1-2H3,(H,12,14). The van der Waals surface area contributed by atoms with E-state index in [-0.39, 0.29) is 4.90 Å². The van der Waals surface area contributed by atoms with Crippen molar-refractivity contribution in [2.75, 3.05) is 6.26 Å². The summed E-state index contributed by atoms with van der Waals surface area (Å²) in [6, 6.07) is 6.20. The molecule has 17 heavy (non-hydrogen) atoms. The van der Waals surface area contributed by atoms with Gasteiger partial charge in [-0.1, -0.05) is 0 Å². The molecule has 0 unspecified atom stereocenters. The van der Waals surface area contributed by atoms with Crippen molar-refractivity contribution in [1.29, 1.82) is 0 Å². The predicted molar refractivity (Wildman–Crippen MR) is 62.0 cm³/mol. The summed E-state index contributed by atoms with van der Waals surface area (Å²) in [6.45, 7) is 1.68. The number of hydrogen-bond acceptors (Lipinski definition) is 4. The molecule has 1 heterocycles. The molecule has 0 radical (unpaired) electrons. The van der Waals surface area contributed by atoms with Gasteiger partial charge < -0.3 is 0 Å². The van der Waals surface area contributed by atoms with Crippen LogP contribution in [-0.2, 0) is 9.84 Å². The van der Waals surface area contributed by atoms with Crippen LogP contribution in [0.25, 0.3) is 5.69 Å². The van der Waals surface area contributed by atoms with E-state index in [1.165, 1.54) is 16.8 Å². The van der Waals surface area contributed by atoms with Crippen LogP contribution in [0, 0.1) is 6.92 Å². The van der Waals surface area contributed by atoms with Gasteiger partial charge in [0.25, 0.3) is 0 Å². The number of H-pyrrole nitrogens is 1. The first-order chi connectivity index (χ1) is 7.88. The minimum absolute atomic E-state index is 0.237. The molecule has 0 aliphatic rings. The van der Waals surface area contributed by atoms with E-state index >= 15 is 0 Å². The molecule has 1 aromatic carbocycles. The van der Waals surface area contributed by atoms with Crippen molar-refractivity contribution in [3.8, 4) is 5.69 Å². The second-order valence-corrected chi connectivity index (χ2v) is 5.69. The van der Waals surface area contributed by atoms with E-state index in [1.54, 1.807) is 19.1 Å². The van der Waals surface area contributed by atoms with E-state index in [9.17, 15) is 13.2 Å². The molecule has 0 bridgehead atoms. The zero-order valence-electron chi connectivity index (χ0n) is 9.34. The molecule has 1 N–H and O–H groups in total. The number of benzene rings is 1. The van der Waals surface area contributed by atoms with Gasteiger partial charge in [0, 0.05) is 6.26 Å². The molecule has 0 atom stereocenters. The maximum atomic E-state index is 11.3. The van der Waals surface area contributed by atoms with Crippen LogP contribution >= 0.6 is 0 Å². The molecular formula is C10H11N3O3S. The number of nitrogens with one attached hydrogen (secondary N) is 1. The van der Waals surface area contributed by atoms with E-state index in [0.717, 1.165) is 6.26 Å². The van der Waals surface area contributed by atoms with Crippen LogP contribution in [-0.4, -0.2) is 29.4 Å². The number of aromatic nitrogens is 3. The minimum atomic E-state index is -3.20. The third-order valence-electron chi connectivity index (χ3n) is 2.32. The van der Waals surface area contributed by atoms with Crippen LogP contribution in [0.2, 0.25) is 0 Å². The Bertz CT molecular complexity index is 695. The van der Waals surface area contributed by atoms with E-state index in [1.807, 2.05) is 0 Å². The highest BCUT2D eigenvalue weighted by Crippen LogP contribution is 2.13. The highest BCUT2D eigenvalue weighted by molar-refractivity contribution is 7.90. The molecule has 0 fully saturated rings. The number of aromatic amines is 1. The molecule has 0 saturated heterocycles. The van der Waals surface area contributed by atoms with Gasteiger partial charge >= 0.3 is 5.69 Å². The first-order valence-electron chi connectivity index (χ1n) is 4.84. The van der Waals surface area contributed by atoms with Crippen LogP contribution in [0.1, 0.15) is 5.82 Å². The zero-order valence-corrected chi connectivity index (χ0v) is 10.2. The van der Waals surface area contributed by atoms with Crippen molar-refractivity contribution < 1.29 is 8.42 Å². The van der Waals surface area contributed by atoms with E-state index in [4.69, 9.17) is 0 Å². The Morgan fingerprint density at radius 2 is 1.82 bits per heavy atom. The summed E-state index contributed by atoms with van der Waals surface area (Å²) in [4.78, 5) is 15.0. The zero-order chi connectivity index (χ0) is 12.6. The molecule has 2 rings (SSSR count). The number of hydrogen-bond donors (Lipinski definition) is 1. The summed E-state index contributed by atoms with van der Waals surface area (Å²) in [5.74, 6) is 0.516. The van der Waals surface area contributed by atoms with Gasteiger partial charge in [-0.15, -0.1) is 0 Å². The topological polar surface area (TPSA) is 84.8 Å². The quantitative estimate of drug-likeness (QED) is 0.832. The first-order valence-corrected chi connectivity index (χ1v) is 6.73. The molecule has 2 aromatic rings. The molecule has 6 nitrogen and oxygen atoms in total. The van der Waals surface area contributed by atoms with Gasteiger partial charge in [-0.3, -0.25) is 0 Å². The molecule has 1 aromatic heterocycles. The summed E-state index contributed by atoms with van der Waals surface area (Å²) in [5, 5.41) is 2.52. The largest absolute Gasteiger partial charge is 0.361 e. The van der Waals surface area contributed by atoms with E-state index < -0.39 is 15.5 Å². The van der Waals surface area contributed by atoms with Gasteiger partial charge in [0.2, 0.25) is 0 Å². The van der Waals surface area contributed by atoms with Crippen molar-refractivity contribution in [2.45, 2.75) is 11.8 Å². The number of sulfone groups is 1. The molecule has 0 aliphatic heterocycles. The normalized spacial score (nSPS) is 11.6. The van der Waals surface area contributed by atoms with Gasteiger partial charge in [0.15, 0.2) is 9.84 Å². The Balaban J connectivity index is 2.50. The van der Waals surface area contributed by atoms with Crippen LogP contribution in [0.4, 0.5) is 0 Å². The average molecular weight is 253 g/mol. The Labute approximate surface area is 97.8 Å². The van der Waals surface area contributed by atoms with E-state index in [2.05, 4.69) is 10.1 Å². The van der Waals surface area contributed by atoms with Crippen LogP contribution < -0.4 is 5.69 Å². The predicted octanol–water partition coefficient (Wildman–Crippen LogP) is 0.273. The van der Waals surface area contributed by atoms with Gasteiger partial charge in [0.1, 0.15) is 5.82 Å². The highest BCUT2D eigenvalue weighted by Gasteiger charge is 2.08. The number of aryl methyl sites for hydroxylation is 1. The SMILES string of the molecule is Cc1nc(=O)[nH]n1-c1ccc(S(C)(=O)=O)cc1. The molecule has 90 valence electrons. The lowest BCUT2D eigenvalue weighted by Gasteiger charge is -2.04. The molecule has 0 amide bonds. The first kappa shape index (κ1) is 11.6. The number of nitrogens with zero attached hydrogens (tertiary/aromatic N) is 2. The van der Waals surface area contributed by atoms with Gasteiger partial charge in [0.05, 0.1) is 10.6 Å². The maximum Gasteiger partial charge on any atom is 0.361 e. The van der Waals surface area contributed by atoms with E-state index in [0.29, 0.717) is 11.5 Å². The van der Waals surface area contributed by atoms with Crippen molar-refractivity contribution in [3.05, 3.63) is 40.6 Å². The summed E-state index contributed by atoms with van der Waals surface area (Å²) in [5.41, 5.74) is 0.221. The van der Waals surface area contributed by atoms with Gasteiger partial charge in [-0.05, 0) is 31.2 Å². The van der Waals surface area contributed by atoms with Crippen molar-refractivity contribution in [3.63, 3.8) is 0 Å². The van der Waals surface area contributed by atoms with Crippen LogP contribution in [0.5, 0.6) is 0 Å². The molecule has 0 saturated carbocycles. The lowest BCUT2D eigenvalue weighted by molar-refractivity contribution is 0.602. The second-order valence-electron chi connectivity index (χ2n) is 3.68. The van der Waals surface area contributed by atoms with Crippen molar-refractivity contribution >= 4 is 9.84 Å². The fourth-order valence-electron chi connectivity index (χ4n) is 1.49. The van der Waals surface area contributed by atoms with Gasteiger partial charge in [-0.2, -0.15) is 4.98 Å². The number of rotatable bonds is 2. The Morgan fingerprint density at radius 3 is 2.24 bits per heavy atom. The smallest absolute Gasteiger partial charge is 0.244 e. The molecule has 0 aliphatic carbocycles. The Morgan fingerprint density at radius 1 is 1.24 bits per heavy atom. The molecular weight excluding hydrogens is 242 g/mol. The third kappa shape index (κ3) is 2.28. The highest BCUT2D eigenvalue weighted by atomic mass is 32.2. The average Bonchev–Trinajstić information content (AvgIpc) is 2.57. The van der Waals surface area contributed by atoms with Crippen molar-refractivity contribution in [2.24, 2.45) is 0 Å². The molecule has 7 heteroatoms. The van der Waals surface area contributed by atoms with Crippen LogP contribution in [0.15, 0.2) is 34.0 Å². The minimum Gasteiger partial charge on any atom is -0.244 e. The summed E-state index contributed by atoms with van der Waals surface area (Å²) >= 11 is 0. The summed E-state index contributed by atoms with van der Waals surface area (Å²) in [6.07, 6.45) is 1.15. The second kappa shape index (κ2) is 3.85.